The molecule has 0 N–H and O–H groups in total. The Morgan fingerprint density at radius 2 is 2.21 bits per heavy atom. The van der Waals surface area contributed by atoms with E-state index in [0.717, 1.165) is 16.6 Å². The summed E-state index contributed by atoms with van der Waals surface area (Å²) in [7, 11) is 0. The van der Waals surface area contributed by atoms with Crippen LogP contribution in [0.25, 0.3) is 0 Å². The van der Waals surface area contributed by atoms with Crippen molar-refractivity contribution in [1.29, 1.82) is 0 Å². The van der Waals surface area contributed by atoms with Crippen LogP contribution in [0, 0.1) is 0 Å². The van der Waals surface area contributed by atoms with Gasteiger partial charge < -0.3 is 0 Å². The summed E-state index contributed by atoms with van der Waals surface area (Å²) in [4.78, 5) is 12.7. The third-order valence-electron chi connectivity index (χ3n) is 2.06. The van der Waals surface area contributed by atoms with Gasteiger partial charge in [-0.1, -0.05) is 19.8 Å². The molecule has 1 rings (SSSR count). The zero-order chi connectivity index (χ0) is 10.4. The van der Waals surface area contributed by atoms with Gasteiger partial charge in [0.25, 0.3) is 0 Å². The van der Waals surface area contributed by atoms with Gasteiger partial charge in [-0.25, -0.2) is 0 Å². The number of halogens is 1. The summed E-state index contributed by atoms with van der Waals surface area (Å²) in [5, 5.41) is 0. The number of rotatable bonds is 6. The van der Waals surface area contributed by atoms with Crippen LogP contribution in [0.4, 0.5) is 0 Å². The minimum Gasteiger partial charge on any atom is -0.299 e. The molecule has 0 aliphatic carbocycles. The van der Waals surface area contributed by atoms with E-state index in [1.807, 2.05) is 12.1 Å². The Kier molecular flexibility index (Phi) is 5.41. The SMILES string of the molecule is CCCCCC(=O)Cc1ccc(Br)s1. The van der Waals surface area contributed by atoms with Crippen LogP contribution in [0.15, 0.2) is 15.9 Å². The maximum absolute atomic E-state index is 11.5. The van der Waals surface area contributed by atoms with Gasteiger partial charge in [0.05, 0.1) is 3.79 Å². The van der Waals surface area contributed by atoms with Crippen LogP contribution in [-0.4, -0.2) is 5.78 Å². The summed E-state index contributed by atoms with van der Waals surface area (Å²) in [6, 6.07) is 4.02. The monoisotopic (exact) mass is 274 g/mol. The average Bonchev–Trinajstić information content (AvgIpc) is 2.52. The van der Waals surface area contributed by atoms with E-state index in [1.54, 1.807) is 11.3 Å². The van der Waals surface area contributed by atoms with E-state index in [4.69, 9.17) is 0 Å². The van der Waals surface area contributed by atoms with Gasteiger partial charge in [-0.15, -0.1) is 11.3 Å². The quantitative estimate of drug-likeness (QED) is 0.711. The first-order valence-electron chi connectivity index (χ1n) is 4.98. The van der Waals surface area contributed by atoms with Gasteiger partial charge in [-0.3, -0.25) is 4.79 Å². The predicted molar refractivity (Wildman–Crippen MR) is 64.9 cm³/mol. The van der Waals surface area contributed by atoms with Crippen LogP contribution in [0.1, 0.15) is 37.5 Å². The Labute approximate surface area is 97.7 Å². The first-order valence-corrected chi connectivity index (χ1v) is 6.59. The zero-order valence-corrected chi connectivity index (χ0v) is 10.8. The zero-order valence-electron chi connectivity index (χ0n) is 8.38. The van der Waals surface area contributed by atoms with Gasteiger partial charge in [-0.2, -0.15) is 0 Å². The largest absolute Gasteiger partial charge is 0.299 e. The maximum Gasteiger partial charge on any atom is 0.138 e. The molecule has 0 spiro atoms. The van der Waals surface area contributed by atoms with E-state index < -0.39 is 0 Å². The molecule has 0 fully saturated rings. The Morgan fingerprint density at radius 3 is 2.79 bits per heavy atom. The van der Waals surface area contributed by atoms with Crippen LogP contribution in [-0.2, 0) is 11.2 Å². The third-order valence-corrected chi connectivity index (χ3v) is 3.68. The molecule has 0 aliphatic heterocycles. The summed E-state index contributed by atoms with van der Waals surface area (Å²) < 4.78 is 1.11. The molecule has 0 aliphatic rings. The van der Waals surface area contributed by atoms with E-state index in [-0.39, 0.29) is 0 Å². The molecule has 3 heteroatoms. The van der Waals surface area contributed by atoms with Crippen molar-refractivity contribution in [2.75, 3.05) is 0 Å². The third kappa shape index (κ3) is 4.38. The number of thiophene rings is 1. The molecular formula is C11H15BrOS. The number of carbonyl (C=O) groups is 1. The molecule has 0 saturated heterocycles. The Hall–Kier alpha value is -0.150. The van der Waals surface area contributed by atoms with Crippen LogP contribution < -0.4 is 0 Å². The molecule has 14 heavy (non-hydrogen) atoms. The van der Waals surface area contributed by atoms with Crippen LogP contribution >= 0.6 is 27.3 Å². The fourth-order valence-electron chi connectivity index (χ4n) is 1.30. The van der Waals surface area contributed by atoms with E-state index in [2.05, 4.69) is 22.9 Å². The smallest absolute Gasteiger partial charge is 0.138 e. The molecule has 0 saturated carbocycles. The molecule has 0 radical (unpaired) electrons. The normalized spacial score (nSPS) is 10.4. The molecule has 0 atom stereocenters. The number of hydrogen-bond acceptors (Lipinski definition) is 2. The minimum absolute atomic E-state index is 0.368. The summed E-state index contributed by atoms with van der Waals surface area (Å²) in [5.41, 5.74) is 0. The lowest BCUT2D eigenvalue weighted by Gasteiger charge is -1.97. The molecule has 1 nitrogen and oxygen atoms in total. The average molecular weight is 275 g/mol. The van der Waals surface area contributed by atoms with Gasteiger partial charge in [0.2, 0.25) is 0 Å². The maximum atomic E-state index is 11.5. The van der Waals surface area contributed by atoms with Gasteiger partial charge in [-0.05, 0) is 34.5 Å². The molecule has 78 valence electrons. The standard InChI is InChI=1S/C11H15BrOS/c1-2-3-4-5-9(13)8-10-6-7-11(12)14-10/h6-7H,2-5,8H2,1H3. The summed E-state index contributed by atoms with van der Waals surface area (Å²) >= 11 is 5.04. The van der Waals surface area contributed by atoms with Crippen molar-refractivity contribution < 1.29 is 4.79 Å². The highest BCUT2D eigenvalue weighted by Crippen LogP contribution is 2.22. The lowest BCUT2D eigenvalue weighted by Crippen LogP contribution is -2.00. The molecular weight excluding hydrogens is 260 g/mol. The van der Waals surface area contributed by atoms with Gasteiger partial charge in [0, 0.05) is 17.7 Å². The summed E-state index contributed by atoms with van der Waals surface area (Å²) in [6.45, 7) is 2.15. The Balaban J connectivity index is 2.27. The topological polar surface area (TPSA) is 17.1 Å². The highest BCUT2D eigenvalue weighted by atomic mass is 79.9. The second-order valence-electron chi connectivity index (χ2n) is 3.38. The summed E-state index contributed by atoms with van der Waals surface area (Å²) in [6.07, 6.45) is 4.74. The first kappa shape index (κ1) is 11.9. The van der Waals surface area contributed by atoms with Crippen molar-refractivity contribution in [2.45, 2.75) is 39.0 Å². The number of ketones is 1. The van der Waals surface area contributed by atoms with Crippen molar-refractivity contribution in [1.82, 2.24) is 0 Å². The van der Waals surface area contributed by atoms with Crippen LogP contribution in [0.2, 0.25) is 0 Å². The second kappa shape index (κ2) is 6.36. The molecule has 1 heterocycles. The molecule has 0 amide bonds. The van der Waals surface area contributed by atoms with E-state index in [0.29, 0.717) is 12.2 Å². The van der Waals surface area contributed by atoms with Crippen LogP contribution in [0.5, 0.6) is 0 Å². The van der Waals surface area contributed by atoms with Crippen molar-refractivity contribution in [3.8, 4) is 0 Å². The van der Waals surface area contributed by atoms with Crippen molar-refractivity contribution in [2.24, 2.45) is 0 Å². The molecule has 0 bridgehead atoms. The van der Waals surface area contributed by atoms with E-state index in [9.17, 15) is 4.79 Å². The number of hydrogen-bond donors (Lipinski definition) is 0. The summed E-state index contributed by atoms with van der Waals surface area (Å²) in [5.74, 6) is 0.368. The number of carbonyl (C=O) groups excluding carboxylic acids is 1. The minimum atomic E-state index is 0.368. The second-order valence-corrected chi connectivity index (χ2v) is 5.93. The highest BCUT2D eigenvalue weighted by Gasteiger charge is 2.05. The predicted octanol–water partition coefficient (Wildman–Crippen LogP) is 4.20. The fourth-order valence-corrected chi connectivity index (χ4v) is 2.81. The lowest BCUT2D eigenvalue weighted by atomic mass is 10.1. The number of unbranched alkanes of at least 4 members (excludes halogenated alkanes) is 2. The van der Waals surface area contributed by atoms with Crippen molar-refractivity contribution in [3.05, 3.63) is 20.8 Å². The lowest BCUT2D eigenvalue weighted by molar-refractivity contribution is -0.118. The molecule has 1 aromatic heterocycles. The fraction of sp³-hybridized carbons (Fsp3) is 0.545. The van der Waals surface area contributed by atoms with E-state index >= 15 is 0 Å². The Bertz CT molecular complexity index is 293. The van der Waals surface area contributed by atoms with Gasteiger partial charge in [0.1, 0.15) is 5.78 Å². The van der Waals surface area contributed by atoms with Gasteiger partial charge in [0.15, 0.2) is 0 Å². The highest BCUT2D eigenvalue weighted by molar-refractivity contribution is 9.11. The van der Waals surface area contributed by atoms with Crippen molar-refractivity contribution >= 4 is 33.0 Å². The molecule has 0 unspecified atom stereocenters. The Morgan fingerprint density at radius 1 is 1.43 bits per heavy atom. The molecule has 1 aromatic rings. The first-order chi connectivity index (χ1) is 6.72. The molecule has 0 aromatic carbocycles. The van der Waals surface area contributed by atoms with E-state index in [1.165, 1.54) is 17.7 Å². The van der Waals surface area contributed by atoms with Gasteiger partial charge >= 0.3 is 0 Å². The number of Topliss-reactive ketones (excluding diaryl/α,β-unsaturated/α-hetero) is 1. The van der Waals surface area contributed by atoms with Crippen molar-refractivity contribution in [3.63, 3.8) is 0 Å². The van der Waals surface area contributed by atoms with Crippen LogP contribution in [0.3, 0.4) is 0 Å².